The second kappa shape index (κ2) is 6.72. The summed E-state index contributed by atoms with van der Waals surface area (Å²) in [6.07, 6.45) is 3.96. The molecule has 0 radical (unpaired) electrons. The summed E-state index contributed by atoms with van der Waals surface area (Å²) in [7, 11) is 0. The van der Waals surface area contributed by atoms with Crippen molar-refractivity contribution in [2.45, 2.75) is 26.7 Å². The SMILES string of the molecule is CCc1ccc2c(c1)c1cc(CC)ccc1c1nc(-c3ccccc3)cnc21. The Kier molecular flexibility index (Phi) is 4.05. The van der Waals surface area contributed by atoms with Crippen molar-refractivity contribution in [2.24, 2.45) is 0 Å². The Morgan fingerprint density at radius 1 is 0.643 bits per heavy atom. The summed E-state index contributed by atoms with van der Waals surface area (Å²) in [5, 5.41) is 4.91. The van der Waals surface area contributed by atoms with Crippen LogP contribution in [0.15, 0.2) is 72.9 Å². The van der Waals surface area contributed by atoms with E-state index < -0.39 is 0 Å². The molecule has 0 saturated carbocycles. The van der Waals surface area contributed by atoms with Gasteiger partial charge < -0.3 is 0 Å². The minimum atomic E-state index is 0.915. The van der Waals surface area contributed by atoms with Gasteiger partial charge in [0.1, 0.15) is 0 Å². The Hall–Kier alpha value is -3.26. The number of hydrogen-bond donors (Lipinski definition) is 0. The quantitative estimate of drug-likeness (QED) is 0.333. The van der Waals surface area contributed by atoms with Gasteiger partial charge in [-0.3, -0.25) is 4.98 Å². The van der Waals surface area contributed by atoms with Gasteiger partial charge in [-0.15, -0.1) is 0 Å². The van der Waals surface area contributed by atoms with Gasteiger partial charge in [-0.2, -0.15) is 0 Å². The number of hydrogen-bond acceptors (Lipinski definition) is 2. The van der Waals surface area contributed by atoms with Crippen LogP contribution in [-0.4, -0.2) is 9.97 Å². The highest BCUT2D eigenvalue weighted by atomic mass is 14.8. The zero-order valence-corrected chi connectivity index (χ0v) is 16.2. The molecule has 0 aliphatic rings. The fourth-order valence-corrected chi connectivity index (χ4v) is 4.00. The maximum absolute atomic E-state index is 5.06. The van der Waals surface area contributed by atoms with E-state index in [1.807, 2.05) is 24.4 Å². The van der Waals surface area contributed by atoms with Crippen LogP contribution in [0.1, 0.15) is 25.0 Å². The summed E-state index contributed by atoms with van der Waals surface area (Å²) in [5.41, 5.74) is 6.67. The summed E-state index contributed by atoms with van der Waals surface area (Å²) in [6.45, 7) is 4.41. The van der Waals surface area contributed by atoms with Crippen LogP contribution in [0.3, 0.4) is 0 Å². The van der Waals surface area contributed by atoms with Crippen molar-refractivity contribution in [3.05, 3.63) is 84.1 Å². The van der Waals surface area contributed by atoms with Crippen molar-refractivity contribution in [2.75, 3.05) is 0 Å². The monoisotopic (exact) mass is 362 g/mol. The van der Waals surface area contributed by atoms with Gasteiger partial charge in [0.05, 0.1) is 22.9 Å². The molecule has 0 aliphatic heterocycles. The zero-order chi connectivity index (χ0) is 19.1. The van der Waals surface area contributed by atoms with Gasteiger partial charge in [0.15, 0.2) is 0 Å². The molecule has 0 saturated heterocycles. The molecule has 1 aromatic heterocycles. The van der Waals surface area contributed by atoms with Crippen molar-refractivity contribution in [3.8, 4) is 11.3 Å². The summed E-state index contributed by atoms with van der Waals surface area (Å²) < 4.78 is 0. The molecule has 5 aromatic rings. The van der Waals surface area contributed by atoms with Crippen LogP contribution in [0.25, 0.3) is 43.8 Å². The zero-order valence-electron chi connectivity index (χ0n) is 16.2. The van der Waals surface area contributed by atoms with E-state index in [1.54, 1.807) is 0 Å². The lowest BCUT2D eigenvalue weighted by atomic mass is 9.95. The van der Waals surface area contributed by atoms with Crippen LogP contribution in [0.4, 0.5) is 0 Å². The Morgan fingerprint density at radius 3 is 1.86 bits per heavy atom. The molecule has 0 bridgehead atoms. The third-order valence-electron chi connectivity index (χ3n) is 5.63. The molecule has 0 N–H and O–H groups in total. The van der Waals surface area contributed by atoms with E-state index in [1.165, 1.54) is 32.7 Å². The molecular formula is C26H22N2. The number of nitrogens with zero attached hydrogens (tertiary/aromatic N) is 2. The van der Waals surface area contributed by atoms with E-state index in [0.717, 1.165) is 35.1 Å². The number of fused-ring (bicyclic) bond motifs is 6. The van der Waals surface area contributed by atoms with Crippen molar-refractivity contribution < 1.29 is 0 Å². The number of benzene rings is 4. The fraction of sp³-hybridized carbons (Fsp3) is 0.154. The highest BCUT2D eigenvalue weighted by molar-refractivity contribution is 6.23. The van der Waals surface area contributed by atoms with Gasteiger partial charge in [-0.05, 0) is 34.7 Å². The van der Waals surface area contributed by atoms with Crippen LogP contribution in [0.2, 0.25) is 0 Å². The minimum absolute atomic E-state index is 0.915. The number of rotatable bonds is 3. The van der Waals surface area contributed by atoms with E-state index in [-0.39, 0.29) is 0 Å². The first kappa shape index (κ1) is 16.9. The minimum Gasteiger partial charge on any atom is -0.252 e. The van der Waals surface area contributed by atoms with Crippen LogP contribution in [-0.2, 0) is 12.8 Å². The molecule has 0 atom stereocenters. The Morgan fingerprint density at radius 2 is 1.25 bits per heavy atom. The molecule has 0 fully saturated rings. The predicted octanol–water partition coefficient (Wildman–Crippen LogP) is 6.73. The molecule has 0 aliphatic carbocycles. The molecule has 4 aromatic carbocycles. The molecule has 2 nitrogen and oxygen atoms in total. The topological polar surface area (TPSA) is 25.8 Å². The van der Waals surface area contributed by atoms with Gasteiger partial charge >= 0.3 is 0 Å². The van der Waals surface area contributed by atoms with Crippen LogP contribution < -0.4 is 0 Å². The molecule has 28 heavy (non-hydrogen) atoms. The molecule has 0 unspecified atom stereocenters. The largest absolute Gasteiger partial charge is 0.252 e. The van der Waals surface area contributed by atoms with Gasteiger partial charge in [-0.1, -0.05) is 80.6 Å². The lowest BCUT2D eigenvalue weighted by Gasteiger charge is -2.12. The average Bonchev–Trinajstić information content (AvgIpc) is 2.78. The fourth-order valence-electron chi connectivity index (χ4n) is 4.00. The first-order valence-corrected chi connectivity index (χ1v) is 9.98. The summed E-state index contributed by atoms with van der Waals surface area (Å²) in [6, 6.07) is 23.8. The molecule has 136 valence electrons. The van der Waals surface area contributed by atoms with Gasteiger partial charge in [0.2, 0.25) is 0 Å². The highest BCUT2D eigenvalue weighted by Crippen LogP contribution is 2.35. The van der Waals surface area contributed by atoms with Gasteiger partial charge in [-0.25, -0.2) is 4.98 Å². The second-order valence-corrected chi connectivity index (χ2v) is 7.29. The van der Waals surface area contributed by atoms with Crippen molar-refractivity contribution >= 4 is 32.6 Å². The summed E-state index contributed by atoms with van der Waals surface area (Å²) >= 11 is 0. The number of aryl methyl sites for hydroxylation is 2. The smallest absolute Gasteiger partial charge is 0.0979 e. The van der Waals surface area contributed by atoms with Crippen LogP contribution in [0.5, 0.6) is 0 Å². The van der Waals surface area contributed by atoms with Gasteiger partial charge in [0, 0.05) is 16.3 Å². The maximum atomic E-state index is 5.06. The van der Waals surface area contributed by atoms with Crippen LogP contribution >= 0.6 is 0 Å². The van der Waals surface area contributed by atoms with E-state index in [2.05, 4.69) is 62.4 Å². The third kappa shape index (κ3) is 2.65. The van der Waals surface area contributed by atoms with E-state index in [9.17, 15) is 0 Å². The highest BCUT2D eigenvalue weighted by Gasteiger charge is 2.13. The second-order valence-electron chi connectivity index (χ2n) is 7.29. The summed E-state index contributed by atoms with van der Waals surface area (Å²) in [4.78, 5) is 9.93. The maximum Gasteiger partial charge on any atom is 0.0979 e. The Labute approximate surface area is 164 Å². The molecule has 5 rings (SSSR count). The lowest BCUT2D eigenvalue weighted by molar-refractivity contribution is 1.14. The van der Waals surface area contributed by atoms with Crippen molar-refractivity contribution in [3.63, 3.8) is 0 Å². The van der Waals surface area contributed by atoms with E-state index >= 15 is 0 Å². The molecule has 1 heterocycles. The van der Waals surface area contributed by atoms with Gasteiger partial charge in [0.25, 0.3) is 0 Å². The normalized spacial score (nSPS) is 11.5. The van der Waals surface area contributed by atoms with Crippen LogP contribution in [0, 0.1) is 0 Å². The molecule has 0 amide bonds. The predicted molar refractivity (Wildman–Crippen MR) is 119 cm³/mol. The standard InChI is InChI=1S/C26H22N2/c1-3-17-10-12-20-22(14-17)23-15-18(4-2)11-13-21(23)26-25(20)27-16-24(28-26)19-8-6-5-7-9-19/h5-16H,3-4H2,1-2H3. The summed E-state index contributed by atoms with van der Waals surface area (Å²) in [5.74, 6) is 0. The Bertz CT molecular complexity index is 1320. The molecule has 2 heteroatoms. The number of aromatic nitrogens is 2. The average molecular weight is 362 g/mol. The van der Waals surface area contributed by atoms with E-state index in [4.69, 9.17) is 9.97 Å². The van der Waals surface area contributed by atoms with E-state index in [0.29, 0.717) is 0 Å². The third-order valence-corrected chi connectivity index (χ3v) is 5.63. The molecular weight excluding hydrogens is 340 g/mol. The first-order chi connectivity index (χ1) is 13.8. The molecule has 0 spiro atoms. The van der Waals surface area contributed by atoms with Crippen molar-refractivity contribution in [1.82, 2.24) is 9.97 Å². The first-order valence-electron chi connectivity index (χ1n) is 9.98. The lowest BCUT2D eigenvalue weighted by Crippen LogP contribution is -1.93. The Balaban J connectivity index is 1.93. The van der Waals surface area contributed by atoms with Crippen molar-refractivity contribution in [1.29, 1.82) is 0 Å².